The van der Waals surface area contributed by atoms with E-state index in [2.05, 4.69) is 30.9 Å². The number of hydrogen-bond acceptors (Lipinski definition) is 8. The molecule has 3 heterocycles. The van der Waals surface area contributed by atoms with Gasteiger partial charge in [0.2, 0.25) is 0 Å². The zero-order valence-electron chi connectivity index (χ0n) is 18.0. The largest absolute Gasteiger partial charge is 0.364 e. The standard InChI is InChI=1S/C21H20N8O4/c1-10-17(11(2)29(27-10)9-16-25-21(33-28-16)20(32)23-3)26-19(31)13-8-15(18(22)30)24-14-7-5-4-6-12(13)14/h4-8H,9H2,1-3H3,(H2,22,30)(H,23,32)(H,26,31). The Hall–Kier alpha value is -4.61. The second-order valence-electron chi connectivity index (χ2n) is 7.19. The lowest BCUT2D eigenvalue weighted by molar-refractivity contribution is 0.0918. The molecule has 4 N–H and O–H groups in total. The Morgan fingerprint density at radius 2 is 1.88 bits per heavy atom. The zero-order valence-corrected chi connectivity index (χ0v) is 18.0. The molecule has 0 saturated heterocycles. The van der Waals surface area contributed by atoms with Crippen LogP contribution in [-0.4, -0.2) is 49.7 Å². The van der Waals surface area contributed by atoms with Crippen molar-refractivity contribution in [2.75, 3.05) is 12.4 Å². The van der Waals surface area contributed by atoms with E-state index in [-0.39, 0.29) is 29.5 Å². The van der Waals surface area contributed by atoms with Gasteiger partial charge in [-0.05, 0) is 26.0 Å². The molecule has 0 fully saturated rings. The molecule has 0 spiro atoms. The number of nitrogens with one attached hydrogen (secondary N) is 2. The van der Waals surface area contributed by atoms with E-state index in [0.29, 0.717) is 28.0 Å². The van der Waals surface area contributed by atoms with E-state index in [4.69, 9.17) is 10.3 Å². The minimum Gasteiger partial charge on any atom is -0.364 e. The normalized spacial score (nSPS) is 10.9. The number of hydrogen-bond donors (Lipinski definition) is 3. The molecule has 0 aliphatic carbocycles. The van der Waals surface area contributed by atoms with E-state index < -0.39 is 17.7 Å². The minimum atomic E-state index is -0.730. The summed E-state index contributed by atoms with van der Waals surface area (Å²) < 4.78 is 6.52. The number of nitrogens with two attached hydrogens (primary N) is 1. The number of primary amides is 1. The molecule has 3 aromatic heterocycles. The smallest absolute Gasteiger partial charge is 0.315 e. The Morgan fingerprint density at radius 3 is 2.61 bits per heavy atom. The lowest BCUT2D eigenvalue weighted by Gasteiger charge is -2.10. The maximum absolute atomic E-state index is 13.2. The molecular weight excluding hydrogens is 428 g/mol. The summed E-state index contributed by atoms with van der Waals surface area (Å²) in [6, 6.07) is 8.34. The SMILES string of the molecule is CNC(=O)c1nc(Cn2nc(C)c(NC(=O)c3cc(C(N)=O)nc4ccccc34)c2C)no1. The van der Waals surface area contributed by atoms with Crippen LogP contribution in [0.5, 0.6) is 0 Å². The predicted molar refractivity (Wildman–Crippen MR) is 117 cm³/mol. The van der Waals surface area contributed by atoms with E-state index in [1.165, 1.54) is 13.1 Å². The predicted octanol–water partition coefficient (Wildman–Crippen LogP) is 1.19. The number of aryl methyl sites for hydroxylation is 1. The Kier molecular flexibility index (Phi) is 5.56. The number of aromatic nitrogens is 5. The molecule has 4 rings (SSSR count). The third kappa shape index (κ3) is 4.13. The van der Waals surface area contributed by atoms with Gasteiger partial charge in [-0.2, -0.15) is 10.1 Å². The van der Waals surface area contributed by atoms with Crippen LogP contribution in [0.4, 0.5) is 5.69 Å². The summed E-state index contributed by atoms with van der Waals surface area (Å²) in [7, 11) is 1.46. The third-order valence-electron chi connectivity index (χ3n) is 5.01. The van der Waals surface area contributed by atoms with Crippen LogP contribution in [-0.2, 0) is 6.54 Å². The summed E-state index contributed by atoms with van der Waals surface area (Å²) in [5.74, 6) is -1.56. The molecule has 0 aliphatic heterocycles. The molecule has 168 valence electrons. The molecule has 0 atom stereocenters. The topological polar surface area (TPSA) is 171 Å². The Morgan fingerprint density at radius 1 is 1.12 bits per heavy atom. The second kappa shape index (κ2) is 8.49. The van der Waals surface area contributed by atoms with Gasteiger partial charge in [-0.3, -0.25) is 19.1 Å². The van der Waals surface area contributed by atoms with Crippen LogP contribution in [0.2, 0.25) is 0 Å². The average molecular weight is 448 g/mol. The van der Waals surface area contributed by atoms with Gasteiger partial charge in [-0.15, -0.1) is 0 Å². The number of rotatable bonds is 6. The van der Waals surface area contributed by atoms with Crippen LogP contribution in [0, 0.1) is 13.8 Å². The van der Waals surface area contributed by atoms with Gasteiger partial charge in [0.05, 0.1) is 28.2 Å². The van der Waals surface area contributed by atoms with E-state index in [1.54, 1.807) is 42.8 Å². The number of pyridine rings is 1. The number of carbonyl (C=O) groups excluding carboxylic acids is 3. The highest BCUT2D eigenvalue weighted by atomic mass is 16.5. The number of para-hydroxylation sites is 1. The van der Waals surface area contributed by atoms with E-state index in [0.717, 1.165) is 0 Å². The first kappa shape index (κ1) is 21.6. The Balaban J connectivity index is 1.63. The van der Waals surface area contributed by atoms with Crippen molar-refractivity contribution in [1.29, 1.82) is 0 Å². The number of amides is 3. The van der Waals surface area contributed by atoms with E-state index in [9.17, 15) is 14.4 Å². The number of fused-ring (bicyclic) bond motifs is 1. The Labute approximate surface area is 187 Å². The molecule has 0 aliphatic rings. The molecule has 0 unspecified atom stereocenters. The molecule has 3 amide bonds. The summed E-state index contributed by atoms with van der Waals surface area (Å²) in [6.07, 6.45) is 0. The van der Waals surface area contributed by atoms with Crippen molar-refractivity contribution in [2.24, 2.45) is 5.73 Å². The summed E-state index contributed by atoms with van der Waals surface area (Å²) in [4.78, 5) is 44.7. The maximum atomic E-state index is 13.2. The van der Waals surface area contributed by atoms with Gasteiger partial charge in [-0.25, -0.2) is 4.98 Å². The highest BCUT2D eigenvalue weighted by Gasteiger charge is 2.20. The van der Waals surface area contributed by atoms with Crippen molar-refractivity contribution in [1.82, 2.24) is 30.2 Å². The lowest BCUT2D eigenvalue weighted by atomic mass is 10.1. The first-order valence-electron chi connectivity index (χ1n) is 9.88. The quantitative estimate of drug-likeness (QED) is 0.395. The van der Waals surface area contributed by atoms with Crippen molar-refractivity contribution in [3.8, 4) is 0 Å². The summed E-state index contributed by atoms with van der Waals surface area (Å²) in [6.45, 7) is 3.65. The number of anilines is 1. The Bertz CT molecular complexity index is 1400. The highest BCUT2D eigenvalue weighted by molar-refractivity contribution is 6.14. The van der Waals surface area contributed by atoms with E-state index in [1.807, 2.05) is 0 Å². The fourth-order valence-electron chi connectivity index (χ4n) is 3.35. The van der Waals surface area contributed by atoms with Crippen LogP contribution < -0.4 is 16.4 Å². The second-order valence-corrected chi connectivity index (χ2v) is 7.19. The van der Waals surface area contributed by atoms with Gasteiger partial charge >= 0.3 is 11.8 Å². The summed E-state index contributed by atoms with van der Waals surface area (Å²) >= 11 is 0. The van der Waals surface area contributed by atoms with Crippen molar-refractivity contribution in [3.63, 3.8) is 0 Å². The number of nitrogens with zero attached hydrogens (tertiary/aromatic N) is 5. The van der Waals surface area contributed by atoms with Crippen LogP contribution in [0.15, 0.2) is 34.9 Å². The molecule has 12 nitrogen and oxygen atoms in total. The molecule has 4 aromatic rings. The fourth-order valence-corrected chi connectivity index (χ4v) is 3.35. The van der Waals surface area contributed by atoms with Crippen LogP contribution in [0.3, 0.4) is 0 Å². The average Bonchev–Trinajstić information content (AvgIpc) is 3.38. The van der Waals surface area contributed by atoms with Crippen LogP contribution in [0.25, 0.3) is 10.9 Å². The monoisotopic (exact) mass is 448 g/mol. The van der Waals surface area contributed by atoms with Crippen molar-refractivity contribution < 1.29 is 18.9 Å². The minimum absolute atomic E-state index is 0.00739. The third-order valence-corrected chi connectivity index (χ3v) is 5.01. The summed E-state index contributed by atoms with van der Waals surface area (Å²) in [5, 5.41) is 14.1. The molecule has 0 bridgehead atoms. The van der Waals surface area contributed by atoms with Gasteiger partial charge in [0.15, 0.2) is 5.82 Å². The van der Waals surface area contributed by atoms with Crippen LogP contribution >= 0.6 is 0 Å². The first-order chi connectivity index (χ1) is 15.8. The van der Waals surface area contributed by atoms with Crippen molar-refractivity contribution >= 4 is 34.3 Å². The molecular formula is C21H20N8O4. The van der Waals surface area contributed by atoms with Gasteiger partial charge in [0, 0.05) is 12.4 Å². The highest BCUT2D eigenvalue weighted by Crippen LogP contribution is 2.24. The van der Waals surface area contributed by atoms with Gasteiger partial charge in [-0.1, -0.05) is 23.4 Å². The number of carbonyl (C=O) groups is 3. The molecule has 0 radical (unpaired) electrons. The molecule has 1 aromatic carbocycles. The van der Waals surface area contributed by atoms with Crippen LogP contribution in [0.1, 0.15) is 48.7 Å². The zero-order chi connectivity index (χ0) is 23.7. The molecule has 33 heavy (non-hydrogen) atoms. The summed E-state index contributed by atoms with van der Waals surface area (Å²) in [5.41, 5.74) is 7.82. The van der Waals surface area contributed by atoms with Gasteiger partial charge in [0.1, 0.15) is 12.2 Å². The van der Waals surface area contributed by atoms with Gasteiger partial charge < -0.3 is 20.9 Å². The lowest BCUT2D eigenvalue weighted by Crippen LogP contribution is -2.18. The van der Waals surface area contributed by atoms with Crippen molar-refractivity contribution in [2.45, 2.75) is 20.4 Å². The fraction of sp³-hybridized carbons (Fsp3) is 0.190. The number of benzene rings is 1. The molecule has 12 heteroatoms. The van der Waals surface area contributed by atoms with E-state index >= 15 is 0 Å². The first-order valence-corrected chi connectivity index (χ1v) is 9.88. The molecule has 0 saturated carbocycles. The van der Waals surface area contributed by atoms with Gasteiger partial charge in [0.25, 0.3) is 11.8 Å². The maximum Gasteiger partial charge on any atom is 0.315 e. The van der Waals surface area contributed by atoms with Crippen molar-refractivity contribution in [3.05, 3.63) is 64.7 Å².